The molecule has 3 aromatic rings. The van der Waals surface area contributed by atoms with Crippen molar-refractivity contribution in [3.63, 3.8) is 0 Å². The SMILES string of the molecule is COc1c(C)cc(-c2ccc(C(=O)c3cc(F)cc(O)c3C)s2)cc1C. The van der Waals surface area contributed by atoms with Crippen LogP contribution in [-0.2, 0) is 0 Å². The molecule has 0 radical (unpaired) electrons. The molecule has 0 fully saturated rings. The highest BCUT2D eigenvalue weighted by Crippen LogP contribution is 2.35. The van der Waals surface area contributed by atoms with E-state index in [0.29, 0.717) is 10.4 Å². The van der Waals surface area contributed by atoms with Crippen molar-refractivity contribution in [2.24, 2.45) is 0 Å². The lowest BCUT2D eigenvalue weighted by atomic mass is 10.0. The van der Waals surface area contributed by atoms with Gasteiger partial charge >= 0.3 is 0 Å². The summed E-state index contributed by atoms with van der Waals surface area (Å²) in [6.07, 6.45) is 0. The minimum absolute atomic E-state index is 0.179. The monoisotopic (exact) mass is 370 g/mol. The highest BCUT2D eigenvalue weighted by atomic mass is 32.1. The average molecular weight is 370 g/mol. The number of halogens is 1. The van der Waals surface area contributed by atoms with Gasteiger partial charge in [0.25, 0.3) is 0 Å². The first-order valence-corrected chi connectivity index (χ1v) is 8.92. The van der Waals surface area contributed by atoms with E-state index in [1.165, 1.54) is 17.4 Å². The lowest BCUT2D eigenvalue weighted by Crippen LogP contribution is -2.02. The quantitative estimate of drug-likeness (QED) is 0.623. The topological polar surface area (TPSA) is 46.5 Å². The van der Waals surface area contributed by atoms with Crippen molar-refractivity contribution in [3.8, 4) is 21.9 Å². The third-order valence-electron chi connectivity index (χ3n) is 4.37. The summed E-state index contributed by atoms with van der Waals surface area (Å²) in [7, 11) is 1.65. The number of aromatic hydroxyl groups is 1. The third kappa shape index (κ3) is 3.22. The van der Waals surface area contributed by atoms with E-state index in [9.17, 15) is 14.3 Å². The smallest absolute Gasteiger partial charge is 0.203 e. The van der Waals surface area contributed by atoms with E-state index >= 15 is 0 Å². The van der Waals surface area contributed by atoms with Crippen LogP contribution in [0.3, 0.4) is 0 Å². The number of carbonyl (C=O) groups is 1. The van der Waals surface area contributed by atoms with Crippen molar-refractivity contribution in [3.05, 3.63) is 69.3 Å². The maximum absolute atomic E-state index is 13.6. The molecule has 3 nitrogen and oxygen atoms in total. The van der Waals surface area contributed by atoms with Gasteiger partial charge in [0.05, 0.1) is 12.0 Å². The first-order chi connectivity index (χ1) is 12.3. The first-order valence-electron chi connectivity index (χ1n) is 8.11. The zero-order valence-electron chi connectivity index (χ0n) is 15.0. The number of ether oxygens (including phenoxy) is 1. The number of thiophene rings is 1. The summed E-state index contributed by atoms with van der Waals surface area (Å²) >= 11 is 1.35. The number of methoxy groups -OCH3 is 1. The number of carbonyl (C=O) groups excluding carboxylic acids is 1. The Kier molecular flexibility index (Phi) is 4.83. The molecule has 26 heavy (non-hydrogen) atoms. The molecule has 5 heteroatoms. The molecule has 0 aliphatic heterocycles. The molecule has 0 saturated heterocycles. The van der Waals surface area contributed by atoms with E-state index in [1.54, 1.807) is 20.1 Å². The number of hydrogen-bond acceptors (Lipinski definition) is 4. The van der Waals surface area contributed by atoms with Crippen LogP contribution in [-0.4, -0.2) is 18.0 Å². The Morgan fingerprint density at radius 2 is 1.73 bits per heavy atom. The molecule has 1 heterocycles. The second kappa shape index (κ2) is 6.92. The molecular formula is C21H19FO3S. The van der Waals surface area contributed by atoms with E-state index in [-0.39, 0.29) is 17.1 Å². The summed E-state index contributed by atoms with van der Waals surface area (Å²) in [6, 6.07) is 9.83. The van der Waals surface area contributed by atoms with Crippen LogP contribution in [0.15, 0.2) is 36.4 Å². The summed E-state index contributed by atoms with van der Waals surface area (Å²) in [6.45, 7) is 5.56. The van der Waals surface area contributed by atoms with Crippen molar-refractivity contribution in [2.45, 2.75) is 20.8 Å². The molecular weight excluding hydrogens is 351 g/mol. The van der Waals surface area contributed by atoms with Gasteiger partial charge in [-0.3, -0.25) is 4.79 Å². The number of hydrogen-bond donors (Lipinski definition) is 1. The van der Waals surface area contributed by atoms with Crippen LogP contribution in [0, 0.1) is 26.6 Å². The second-order valence-corrected chi connectivity index (χ2v) is 7.32. The predicted molar refractivity (Wildman–Crippen MR) is 102 cm³/mol. The number of benzene rings is 2. The fourth-order valence-electron chi connectivity index (χ4n) is 3.06. The fraction of sp³-hybridized carbons (Fsp3) is 0.190. The lowest BCUT2D eigenvalue weighted by Gasteiger charge is -2.10. The number of aryl methyl sites for hydroxylation is 2. The standard InChI is InChI=1S/C21H19FO3S/c1-11-7-14(8-12(2)21(11)25-4)18-5-6-19(26-18)20(24)16-9-15(22)10-17(23)13(16)3/h5-10,23H,1-4H3. The molecule has 1 aromatic heterocycles. The molecule has 0 atom stereocenters. The second-order valence-electron chi connectivity index (χ2n) is 6.23. The predicted octanol–water partition coefficient (Wildman–Crippen LogP) is 5.42. The minimum Gasteiger partial charge on any atom is -0.508 e. The van der Waals surface area contributed by atoms with Gasteiger partial charge in [-0.15, -0.1) is 11.3 Å². The van der Waals surface area contributed by atoms with E-state index in [4.69, 9.17) is 4.74 Å². The van der Waals surface area contributed by atoms with Gasteiger partial charge in [0.15, 0.2) is 0 Å². The average Bonchev–Trinajstić information content (AvgIpc) is 3.07. The number of phenols is 1. The number of rotatable bonds is 4. The van der Waals surface area contributed by atoms with Crippen molar-refractivity contribution in [1.82, 2.24) is 0 Å². The number of phenolic OH excluding ortho intramolecular Hbond substituents is 1. The maximum atomic E-state index is 13.6. The first kappa shape index (κ1) is 18.1. The van der Waals surface area contributed by atoms with Crippen LogP contribution < -0.4 is 4.74 Å². The molecule has 0 saturated carbocycles. The maximum Gasteiger partial charge on any atom is 0.203 e. The van der Waals surface area contributed by atoms with Gasteiger partial charge in [0.2, 0.25) is 5.78 Å². The van der Waals surface area contributed by atoms with Gasteiger partial charge in [0.1, 0.15) is 17.3 Å². The summed E-state index contributed by atoms with van der Waals surface area (Å²) in [4.78, 5) is 14.2. The van der Waals surface area contributed by atoms with Gasteiger partial charge in [-0.05, 0) is 67.8 Å². The van der Waals surface area contributed by atoms with Crippen LogP contribution in [0.4, 0.5) is 4.39 Å². The van der Waals surface area contributed by atoms with Gasteiger partial charge < -0.3 is 9.84 Å². The molecule has 0 spiro atoms. The summed E-state index contributed by atoms with van der Waals surface area (Å²) < 4.78 is 19.0. The van der Waals surface area contributed by atoms with Crippen molar-refractivity contribution < 1.29 is 19.0 Å². The Morgan fingerprint density at radius 3 is 2.35 bits per heavy atom. The Bertz CT molecular complexity index is 981. The molecule has 0 amide bonds. The molecule has 3 rings (SSSR count). The largest absolute Gasteiger partial charge is 0.508 e. The molecule has 0 bridgehead atoms. The summed E-state index contributed by atoms with van der Waals surface area (Å²) in [5.41, 5.74) is 3.61. The fourth-order valence-corrected chi connectivity index (χ4v) is 4.01. The Balaban J connectivity index is 2.00. The summed E-state index contributed by atoms with van der Waals surface area (Å²) in [5, 5.41) is 9.77. The molecule has 1 N–H and O–H groups in total. The van der Waals surface area contributed by atoms with Gasteiger partial charge in [-0.2, -0.15) is 0 Å². The van der Waals surface area contributed by atoms with E-state index in [0.717, 1.165) is 33.4 Å². The lowest BCUT2D eigenvalue weighted by molar-refractivity contribution is 0.104. The molecule has 2 aromatic carbocycles. The molecule has 134 valence electrons. The van der Waals surface area contributed by atoms with Gasteiger partial charge in [-0.25, -0.2) is 4.39 Å². The van der Waals surface area contributed by atoms with Crippen LogP contribution in [0.25, 0.3) is 10.4 Å². The van der Waals surface area contributed by atoms with E-state index in [2.05, 4.69) is 0 Å². The van der Waals surface area contributed by atoms with Crippen molar-refractivity contribution in [2.75, 3.05) is 7.11 Å². The highest BCUT2D eigenvalue weighted by molar-refractivity contribution is 7.17. The van der Waals surface area contributed by atoms with Gasteiger partial charge in [0, 0.05) is 22.1 Å². The van der Waals surface area contributed by atoms with Crippen LogP contribution in [0.5, 0.6) is 11.5 Å². The minimum atomic E-state index is -0.630. The Hall–Kier alpha value is -2.66. The normalized spacial score (nSPS) is 10.8. The Morgan fingerprint density at radius 1 is 1.08 bits per heavy atom. The zero-order chi connectivity index (χ0) is 19.0. The third-order valence-corrected chi connectivity index (χ3v) is 5.50. The van der Waals surface area contributed by atoms with Gasteiger partial charge in [-0.1, -0.05) is 0 Å². The molecule has 0 aliphatic rings. The van der Waals surface area contributed by atoms with Crippen LogP contribution >= 0.6 is 11.3 Å². The van der Waals surface area contributed by atoms with Crippen LogP contribution in [0.1, 0.15) is 31.9 Å². The van der Waals surface area contributed by atoms with Crippen LogP contribution in [0.2, 0.25) is 0 Å². The highest BCUT2D eigenvalue weighted by Gasteiger charge is 2.18. The van der Waals surface area contributed by atoms with E-state index < -0.39 is 5.82 Å². The van der Waals surface area contributed by atoms with E-state index in [1.807, 2.05) is 32.0 Å². The molecule has 0 aliphatic carbocycles. The summed E-state index contributed by atoms with van der Waals surface area (Å²) in [5.74, 6) is -0.288. The zero-order valence-corrected chi connectivity index (χ0v) is 15.8. The van der Waals surface area contributed by atoms with Crippen molar-refractivity contribution >= 4 is 17.1 Å². The number of ketones is 1. The van der Waals surface area contributed by atoms with Crippen molar-refractivity contribution in [1.29, 1.82) is 0 Å². The molecule has 0 unspecified atom stereocenters. The Labute approximate surface area is 155 Å².